The number of sulfonamides is 1. The molecule has 0 unspecified atom stereocenters. The molecule has 16 heavy (non-hydrogen) atoms. The van der Waals surface area contributed by atoms with E-state index in [2.05, 4.69) is 4.72 Å². The third-order valence-corrected chi connectivity index (χ3v) is 4.03. The van der Waals surface area contributed by atoms with Crippen molar-refractivity contribution >= 4 is 21.6 Å². The maximum absolute atomic E-state index is 11.5. The van der Waals surface area contributed by atoms with Gasteiger partial charge in [-0.3, -0.25) is 0 Å². The molecule has 0 radical (unpaired) electrons. The highest BCUT2D eigenvalue weighted by Crippen LogP contribution is 2.03. The lowest BCUT2D eigenvalue weighted by Crippen LogP contribution is -2.27. The van der Waals surface area contributed by atoms with E-state index >= 15 is 0 Å². The Labute approximate surface area is 105 Å². The fraction of sp³-hybridized carbons (Fsp3) is 1.00. The number of halogens is 1. The van der Waals surface area contributed by atoms with Gasteiger partial charge in [0.2, 0.25) is 10.0 Å². The van der Waals surface area contributed by atoms with Crippen molar-refractivity contribution in [3.8, 4) is 0 Å². The molecule has 0 aromatic rings. The summed E-state index contributed by atoms with van der Waals surface area (Å²) in [6.45, 7) is 4.62. The van der Waals surface area contributed by atoms with Gasteiger partial charge in [-0.1, -0.05) is 26.7 Å². The molecule has 0 bridgehead atoms. The highest BCUT2D eigenvalue weighted by atomic mass is 35.5. The van der Waals surface area contributed by atoms with Gasteiger partial charge in [0.25, 0.3) is 0 Å². The zero-order valence-corrected chi connectivity index (χ0v) is 11.9. The summed E-state index contributed by atoms with van der Waals surface area (Å²) in [5.74, 6) is 1.37. The van der Waals surface area contributed by atoms with Gasteiger partial charge in [-0.05, 0) is 25.2 Å². The normalized spacial score (nSPS) is 12.2. The summed E-state index contributed by atoms with van der Waals surface area (Å²) in [6.07, 6.45) is 4.76. The van der Waals surface area contributed by atoms with Gasteiger partial charge in [0.15, 0.2) is 0 Å². The minimum Gasteiger partial charge on any atom is -0.215 e. The predicted molar refractivity (Wildman–Crippen MR) is 70.4 cm³/mol. The minimum absolute atomic E-state index is 0.242. The average molecular weight is 270 g/mol. The van der Waals surface area contributed by atoms with E-state index in [4.69, 9.17) is 11.6 Å². The van der Waals surface area contributed by atoms with Crippen LogP contribution < -0.4 is 4.72 Å². The molecule has 98 valence electrons. The summed E-state index contributed by atoms with van der Waals surface area (Å²) in [5, 5.41) is 0. The zero-order valence-electron chi connectivity index (χ0n) is 10.3. The smallest absolute Gasteiger partial charge is 0.211 e. The Morgan fingerprint density at radius 3 is 2.31 bits per heavy atom. The Bertz CT molecular complexity index is 253. The van der Waals surface area contributed by atoms with E-state index in [1.54, 1.807) is 0 Å². The molecule has 0 saturated heterocycles. The van der Waals surface area contributed by atoms with Crippen LogP contribution in [0.5, 0.6) is 0 Å². The van der Waals surface area contributed by atoms with E-state index < -0.39 is 10.0 Å². The van der Waals surface area contributed by atoms with Crippen LogP contribution in [0.1, 0.15) is 46.0 Å². The summed E-state index contributed by atoms with van der Waals surface area (Å²) in [4.78, 5) is 0. The molecule has 5 heteroatoms. The van der Waals surface area contributed by atoms with Crippen LogP contribution in [0.2, 0.25) is 0 Å². The van der Waals surface area contributed by atoms with Gasteiger partial charge in [-0.15, -0.1) is 11.6 Å². The van der Waals surface area contributed by atoms with E-state index in [9.17, 15) is 8.42 Å². The van der Waals surface area contributed by atoms with Crippen LogP contribution in [0.25, 0.3) is 0 Å². The summed E-state index contributed by atoms with van der Waals surface area (Å²) in [5.41, 5.74) is 0. The molecule has 0 aliphatic carbocycles. The second kappa shape index (κ2) is 9.25. The SMILES string of the molecule is CC(C)CCS(=O)(=O)NCCCCCCCl. The lowest BCUT2D eigenvalue weighted by molar-refractivity contribution is 0.556. The van der Waals surface area contributed by atoms with Crippen LogP contribution in [0, 0.1) is 5.92 Å². The molecule has 0 fully saturated rings. The number of hydrogen-bond acceptors (Lipinski definition) is 2. The van der Waals surface area contributed by atoms with Gasteiger partial charge in [0.05, 0.1) is 5.75 Å². The van der Waals surface area contributed by atoms with E-state index in [-0.39, 0.29) is 5.75 Å². The van der Waals surface area contributed by atoms with Crippen molar-refractivity contribution in [3.05, 3.63) is 0 Å². The highest BCUT2D eigenvalue weighted by Gasteiger charge is 2.09. The molecule has 0 atom stereocenters. The fourth-order valence-corrected chi connectivity index (χ4v) is 2.83. The Balaban J connectivity index is 3.51. The first-order valence-electron chi connectivity index (χ1n) is 6.01. The van der Waals surface area contributed by atoms with Gasteiger partial charge in [0.1, 0.15) is 0 Å². The molecule has 0 aromatic heterocycles. The summed E-state index contributed by atoms with van der Waals surface area (Å²) in [6, 6.07) is 0. The first kappa shape index (κ1) is 16.2. The van der Waals surface area contributed by atoms with Crippen molar-refractivity contribution in [1.29, 1.82) is 0 Å². The summed E-state index contributed by atoms with van der Waals surface area (Å²) < 4.78 is 25.6. The van der Waals surface area contributed by atoms with Crippen molar-refractivity contribution in [2.24, 2.45) is 5.92 Å². The van der Waals surface area contributed by atoms with Crippen LogP contribution in [0.15, 0.2) is 0 Å². The Hall–Kier alpha value is 0.200. The van der Waals surface area contributed by atoms with E-state index in [1.807, 2.05) is 13.8 Å². The first-order chi connectivity index (χ1) is 7.48. The van der Waals surface area contributed by atoms with Gasteiger partial charge in [-0.2, -0.15) is 0 Å². The molecular weight excluding hydrogens is 246 g/mol. The van der Waals surface area contributed by atoms with Crippen LogP contribution in [0.3, 0.4) is 0 Å². The van der Waals surface area contributed by atoms with E-state index in [0.717, 1.165) is 32.1 Å². The molecular formula is C11H24ClNO2S. The fourth-order valence-electron chi connectivity index (χ4n) is 1.26. The minimum atomic E-state index is -3.05. The number of hydrogen-bond donors (Lipinski definition) is 1. The number of nitrogens with one attached hydrogen (secondary N) is 1. The standard InChI is InChI=1S/C11H24ClNO2S/c1-11(2)7-10-16(14,15)13-9-6-4-3-5-8-12/h11,13H,3-10H2,1-2H3. The van der Waals surface area contributed by atoms with Crippen molar-refractivity contribution in [2.45, 2.75) is 46.0 Å². The highest BCUT2D eigenvalue weighted by molar-refractivity contribution is 7.89. The van der Waals surface area contributed by atoms with Crippen molar-refractivity contribution in [3.63, 3.8) is 0 Å². The second-order valence-electron chi connectivity index (χ2n) is 4.50. The molecule has 1 N–H and O–H groups in total. The molecule has 0 heterocycles. The largest absolute Gasteiger partial charge is 0.215 e. The monoisotopic (exact) mass is 269 g/mol. The van der Waals surface area contributed by atoms with Crippen molar-refractivity contribution in [2.75, 3.05) is 18.2 Å². The maximum atomic E-state index is 11.5. The van der Waals surface area contributed by atoms with E-state index in [1.165, 1.54) is 0 Å². The van der Waals surface area contributed by atoms with Crippen LogP contribution in [0.4, 0.5) is 0 Å². The molecule has 0 rings (SSSR count). The number of rotatable bonds is 10. The van der Waals surface area contributed by atoms with Crippen molar-refractivity contribution in [1.82, 2.24) is 4.72 Å². The van der Waals surface area contributed by atoms with E-state index in [0.29, 0.717) is 18.3 Å². The van der Waals surface area contributed by atoms with Crippen molar-refractivity contribution < 1.29 is 8.42 Å². The molecule has 0 aliphatic rings. The summed E-state index contributed by atoms with van der Waals surface area (Å²) in [7, 11) is -3.05. The predicted octanol–water partition coefficient (Wildman–Crippen LogP) is 2.75. The molecule has 3 nitrogen and oxygen atoms in total. The Kier molecular flexibility index (Phi) is 9.37. The van der Waals surface area contributed by atoms with Gasteiger partial charge < -0.3 is 0 Å². The number of unbranched alkanes of at least 4 members (excludes halogenated alkanes) is 3. The average Bonchev–Trinajstić information content (AvgIpc) is 2.21. The lowest BCUT2D eigenvalue weighted by atomic mass is 10.2. The van der Waals surface area contributed by atoms with Crippen LogP contribution in [-0.4, -0.2) is 26.6 Å². The van der Waals surface area contributed by atoms with Gasteiger partial charge >= 0.3 is 0 Å². The molecule has 0 aromatic carbocycles. The topological polar surface area (TPSA) is 46.2 Å². The third kappa shape index (κ3) is 10.7. The third-order valence-electron chi connectivity index (χ3n) is 2.35. The Morgan fingerprint density at radius 2 is 1.75 bits per heavy atom. The quantitative estimate of drug-likeness (QED) is 0.490. The molecule has 0 saturated carbocycles. The zero-order chi connectivity index (χ0) is 12.4. The molecule has 0 aliphatic heterocycles. The van der Waals surface area contributed by atoms with Gasteiger partial charge in [0, 0.05) is 12.4 Å². The summed E-state index contributed by atoms with van der Waals surface area (Å²) >= 11 is 5.55. The number of alkyl halides is 1. The molecule has 0 amide bonds. The maximum Gasteiger partial charge on any atom is 0.211 e. The Morgan fingerprint density at radius 1 is 1.12 bits per heavy atom. The van der Waals surface area contributed by atoms with Crippen LogP contribution in [-0.2, 0) is 10.0 Å². The lowest BCUT2D eigenvalue weighted by Gasteiger charge is -2.07. The second-order valence-corrected chi connectivity index (χ2v) is 6.80. The van der Waals surface area contributed by atoms with Gasteiger partial charge in [-0.25, -0.2) is 13.1 Å². The van der Waals surface area contributed by atoms with Crippen LogP contribution >= 0.6 is 11.6 Å². The first-order valence-corrected chi connectivity index (χ1v) is 8.20. The molecule has 0 spiro atoms.